The number of piperidine rings is 1. The van der Waals surface area contributed by atoms with Crippen LogP contribution in [0.3, 0.4) is 0 Å². The van der Waals surface area contributed by atoms with Gasteiger partial charge < -0.3 is 5.11 Å². The Morgan fingerprint density at radius 1 is 1.38 bits per heavy atom. The van der Waals surface area contributed by atoms with Crippen LogP contribution in [0.4, 0.5) is 8.78 Å². The molecule has 1 heterocycles. The van der Waals surface area contributed by atoms with Crippen molar-refractivity contribution in [3.63, 3.8) is 0 Å². The Hall–Kier alpha value is -1.49. The van der Waals surface area contributed by atoms with Crippen molar-refractivity contribution in [3.05, 3.63) is 35.9 Å². The summed E-state index contributed by atoms with van der Waals surface area (Å²) in [7, 11) is 0. The summed E-state index contributed by atoms with van der Waals surface area (Å²) in [6.45, 7) is 2.11. The molecule has 1 unspecified atom stereocenters. The molecule has 1 atom stereocenters. The topological polar surface area (TPSA) is 40.5 Å². The third-order valence-electron chi connectivity index (χ3n) is 4.40. The van der Waals surface area contributed by atoms with E-state index in [9.17, 15) is 18.7 Å². The molecule has 0 radical (unpaired) electrons. The zero-order valence-electron chi connectivity index (χ0n) is 12.2. The minimum Gasteiger partial charge on any atom is -0.481 e. The zero-order valence-corrected chi connectivity index (χ0v) is 12.2. The van der Waals surface area contributed by atoms with Gasteiger partial charge in [-0.2, -0.15) is 8.78 Å². The van der Waals surface area contributed by atoms with Gasteiger partial charge in [-0.05, 0) is 25.8 Å². The number of hydrogen-bond donors (Lipinski definition) is 1. The van der Waals surface area contributed by atoms with Gasteiger partial charge in [0, 0.05) is 12.1 Å². The van der Waals surface area contributed by atoms with E-state index in [1.165, 1.54) is 12.1 Å². The lowest BCUT2D eigenvalue weighted by Gasteiger charge is -2.40. The smallest absolute Gasteiger partial charge is 0.310 e. The quantitative estimate of drug-likeness (QED) is 0.906. The molecule has 5 heteroatoms. The van der Waals surface area contributed by atoms with Gasteiger partial charge in [-0.1, -0.05) is 37.3 Å². The van der Waals surface area contributed by atoms with Crippen molar-refractivity contribution in [2.75, 3.05) is 19.6 Å². The first-order valence-corrected chi connectivity index (χ1v) is 7.29. The van der Waals surface area contributed by atoms with E-state index in [1.54, 1.807) is 23.1 Å². The summed E-state index contributed by atoms with van der Waals surface area (Å²) >= 11 is 0. The predicted octanol–water partition coefficient (Wildman–Crippen LogP) is 3.36. The second-order valence-corrected chi connectivity index (χ2v) is 5.82. The number of likely N-dealkylation sites (tertiary alicyclic amines) is 1. The molecule has 2 rings (SSSR count). The minimum absolute atomic E-state index is 0.0204. The Morgan fingerprint density at radius 3 is 2.62 bits per heavy atom. The van der Waals surface area contributed by atoms with E-state index in [1.807, 2.05) is 6.92 Å². The van der Waals surface area contributed by atoms with Gasteiger partial charge in [-0.3, -0.25) is 9.69 Å². The summed E-state index contributed by atoms with van der Waals surface area (Å²) in [6, 6.07) is 7.70. The van der Waals surface area contributed by atoms with Crippen LogP contribution in [-0.4, -0.2) is 35.6 Å². The number of alkyl halides is 2. The van der Waals surface area contributed by atoms with Crippen molar-refractivity contribution < 1.29 is 18.7 Å². The van der Waals surface area contributed by atoms with Crippen LogP contribution < -0.4 is 0 Å². The highest BCUT2D eigenvalue weighted by atomic mass is 19.3. The number of benzene rings is 1. The minimum atomic E-state index is -2.96. The molecule has 1 N–H and O–H groups in total. The summed E-state index contributed by atoms with van der Waals surface area (Å²) in [5, 5.41) is 9.41. The molecule has 3 nitrogen and oxygen atoms in total. The summed E-state index contributed by atoms with van der Waals surface area (Å²) in [5.74, 6) is -3.84. The second-order valence-electron chi connectivity index (χ2n) is 5.82. The van der Waals surface area contributed by atoms with E-state index >= 15 is 0 Å². The Morgan fingerprint density at radius 2 is 2.05 bits per heavy atom. The molecule has 1 saturated heterocycles. The largest absolute Gasteiger partial charge is 0.481 e. The van der Waals surface area contributed by atoms with Gasteiger partial charge in [0.25, 0.3) is 5.92 Å². The van der Waals surface area contributed by atoms with Gasteiger partial charge >= 0.3 is 5.97 Å². The van der Waals surface area contributed by atoms with E-state index < -0.39 is 23.9 Å². The molecule has 116 valence electrons. The molecule has 0 saturated carbocycles. The maximum absolute atomic E-state index is 14.3. The third-order valence-corrected chi connectivity index (χ3v) is 4.40. The summed E-state index contributed by atoms with van der Waals surface area (Å²) < 4.78 is 28.6. The normalized spacial score (nSPS) is 24.0. The van der Waals surface area contributed by atoms with Crippen LogP contribution in [-0.2, 0) is 10.7 Å². The molecule has 0 amide bonds. The molecule has 1 aromatic rings. The lowest BCUT2D eigenvalue weighted by Crippen LogP contribution is -2.50. The molecule has 0 aliphatic carbocycles. The molecule has 0 bridgehead atoms. The highest BCUT2D eigenvalue weighted by molar-refractivity contribution is 5.75. The van der Waals surface area contributed by atoms with Gasteiger partial charge in [-0.25, -0.2) is 0 Å². The first kappa shape index (κ1) is 15.9. The van der Waals surface area contributed by atoms with Crippen LogP contribution in [0.2, 0.25) is 0 Å². The lowest BCUT2D eigenvalue weighted by molar-refractivity contribution is -0.154. The van der Waals surface area contributed by atoms with Crippen LogP contribution >= 0.6 is 0 Å². The predicted molar refractivity (Wildman–Crippen MR) is 76.4 cm³/mol. The van der Waals surface area contributed by atoms with Crippen LogP contribution in [0.5, 0.6) is 0 Å². The zero-order chi connectivity index (χ0) is 15.5. The maximum Gasteiger partial charge on any atom is 0.310 e. The fourth-order valence-corrected chi connectivity index (χ4v) is 3.03. The number of aliphatic carboxylic acids is 1. The van der Waals surface area contributed by atoms with Crippen molar-refractivity contribution in [2.45, 2.75) is 32.1 Å². The molecule has 1 aromatic carbocycles. The van der Waals surface area contributed by atoms with Crippen molar-refractivity contribution in [1.82, 2.24) is 4.90 Å². The monoisotopic (exact) mass is 297 g/mol. The molecule has 0 aromatic heterocycles. The van der Waals surface area contributed by atoms with Crippen molar-refractivity contribution in [3.8, 4) is 0 Å². The van der Waals surface area contributed by atoms with Crippen molar-refractivity contribution >= 4 is 5.97 Å². The lowest BCUT2D eigenvalue weighted by atomic mass is 9.77. The number of rotatable bonds is 5. The average Bonchev–Trinajstić information content (AvgIpc) is 2.47. The number of carboxylic acids is 1. The van der Waals surface area contributed by atoms with E-state index in [0.29, 0.717) is 25.8 Å². The van der Waals surface area contributed by atoms with Gasteiger partial charge in [0.05, 0.1) is 12.0 Å². The number of hydrogen-bond acceptors (Lipinski definition) is 2. The molecule has 0 spiro atoms. The van der Waals surface area contributed by atoms with E-state index in [-0.39, 0.29) is 12.1 Å². The Bertz CT molecular complexity index is 492. The molecular weight excluding hydrogens is 276 g/mol. The number of carboxylic acid groups (broad SMARTS) is 1. The van der Waals surface area contributed by atoms with Crippen molar-refractivity contribution in [1.29, 1.82) is 0 Å². The number of halogens is 2. The molecular formula is C16H21F2NO2. The highest BCUT2D eigenvalue weighted by Crippen LogP contribution is 2.36. The third kappa shape index (κ3) is 3.40. The first-order valence-electron chi connectivity index (χ1n) is 7.29. The first-order chi connectivity index (χ1) is 9.89. The SMILES string of the molecule is CCC1(C(=O)O)CCCN(CC(F)(F)c2ccccc2)C1. The van der Waals surface area contributed by atoms with Crippen LogP contribution in [0.1, 0.15) is 31.7 Å². The van der Waals surface area contributed by atoms with Crippen molar-refractivity contribution in [2.24, 2.45) is 5.41 Å². The molecule has 1 aliphatic heterocycles. The maximum atomic E-state index is 14.3. The summed E-state index contributed by atoms with van der Waals surface area (Å²) in [4.78, 5) is 13.1. The standard InChI is InChI=1S/C16H21F2NO2/c1-2-15(14(20)21)9-6-10-19(11-15)12-16(17,18)13-7-4-3-5-8-13/h3-5,7-8H,2,6,9-12H2,1H3,(H,20,21). The average molecular weight is 297 g/mol. The van der Waals surface area contributed by atoms with Crippen LogP contribution in [0.25, 0.3) is 0 Å². The fraction of sp³-hybridized carbons (Fsp3) is 0.562. The van der Waals surface area contributed by atoms with E-state index in [4.69, 9.17) is 0 Å². The Balaban J connectivity index is 2.11. The van der Waals surface area contributed by atoms with E-state index in [0.717, 1.165) is 0 Å². The number of carbonyl (C=O) groups is 1. The molecule has 1 fully saturated rings. The summed E-state index contributed by atoms with van der Waals surface area (Å²) in [5.41, 5.74) is -0.904. The van der Waals surface area contributed by atoms with Gasteiger partial charge in [0.15, 0.2) is 0 Å². The Kier molecular flexibility index (Phi) is 4.61. The number of nitrogens with zero attached hydrogens (tertiary/aromatic N) is 1. The van der Waals surface area contributed by atoms with Gasteiger partial charge in [-0.15, -0.1) is 0 Å². The van der Waals surface area contributed by atoms with Gasteiger partial charge in [0.2, 0.25) is 0 Å². The fourth-order valence-electron chi connectivity index (χ4n) is 3.03. The van der Waals surface area contributed by atoms with Gasteiger partial charge in [0.1, 0.15) is 0 Å². The van der Waals surface area contributed by atoms with Crippen LogP contribution in [0, 0.1) is 5.41 Å². The Labute approximate surface area is 123 Å². The molecule has 21 heavy (non-hydrogen) atoms. The van der Waals surface area contributed by atoms with E-state index in [2.05, 4.69) is 0 Å². The second kappa shape index (κ2) is 6.10. The summed E-state index contributed by atoms with van der Waals surface area (Å²) in [6.07, 6.45) is 1.67. The van der Waals surface area contributed by atoms with Crippen LogP contribution in [0.15, 0.2) is 30.3 Å². The highest BCUT2D eigenvalue weighted by Gasteiger charge is 2.43. The molecule has 1 aliphatic rings.